The summed E-state index contributed by atoms with van der Waals surface area (Å²) >= 11 is 0. The number of hydrogen-bond acceptors (Lipinski definition) is 1. The number of rotatable bonds is 4. The highest BCUT2D eigenvalue weighted by Gasteiger charge is 2.25. The molecule has 0 aliphatic rings. The molecule has 0 atom stereocenters. The normalized spacial score (nSPS) is 12.6. The van der Waals surface area contributed by atoms with E-state index in [0.29, 0.717) is 13.0 Å². The Bertz CT molecular complexity index is 95.7. The molecular weight excluding hydrogens is 140 g/mol. The van der Waals surface area contributed by atoms with Gasteiger partial charge in [-0.05, 0) is 0 Å². The van der Waals surface area contributed by atoms with Crippen molar-refractivity contribution in [2.24, 2.45) is 0 Å². The van der Waals surface area contributed by atoms with Gasteiger partial charge in [-0.1, -0.05) is 0 Å². The smallest absolute Gasteiger partial charge is 0.380 e. The number of aliphatic hydroxyl groups excluding tert-OH is 1. The number of halogens is 2. The minimum atomic E-state index is -2.36. The molecule has 0 aromatic carbocycles. The molecule has 4 heteroatoms. The molecule has 0 amide bonds. The molecule has 0 saturated heterocycles. The lowest BCUT2D eigenvalue weighted by atomic mass is 10.4. The molecule has 0 fully saturated rings. The molecule has 0 rings (SSSR count). The largest absolute Gasteiger partial charge is 0.396 e. The molecule has 1 N–H and O–H groups in total. The van der Waals surface area contributed by atoms with Crippen molar-refractivity contribution < 1.29 is 18.4 Å². The van der Waals surface area contributed by atoms with E-state index >= 15 is 0 Å². The van der Waals surface area contributed by atoms with Crippen molar-refractivity contribution in [1.29, 1.82) is 0 Å². The van der Waals surface area contributed by atoms with Crippen LogP contribution in [0.4, 0.5) is 8.78 Å². The number of alkyl halides is 2. The summed E-state index contributed by atoms with van der Waals surface area (Å²) in [7, 11) is 2.89. The zero-order valence-electron chi connectivity index (χ0n) is 6.35. The van der Waals surface area contributed by atoms with Crippen molar-refractivity contribution in [3.63, 3.8) is 0 Å². The van der Waals surface area contributed by atoms with Gasteiger partial charge in [0.25, 0.3) is 0 Å². The van der Waals surface area contributed by atoms with E-state index < -0.39 is 6.55 Å². The van der Waals surface area contributed by atoms with Crippen LogP contribution < -0.4 is 0 Å². The third-order valence-corrected chi connectivity index (χ3v) is 1.42. The van der Waals surface area contributed by atoms with Gasteiger partial charge >= 0.3 is 6.55 Å². The fraction of sp³-hybridized carbons (Fsp3) is 1.00. The van der Waals surface area contributed by atoms with Crippen LogP contribution in [0.3, 0.4) is 0 Å². The zero-order chi connectivity index (χ0) is 8.20. The van der Waals surface area contributed by atoms with Crippen LogP contribution >= 0.6 is 0 Å². The molecule has 62 valence electrons. The highest BCUT2D eigenvalue weighted by atomic mass is 19.3. The summed E-state index contributed by atoms with van der Waals surface area (Å²) in [5.74, 6) is 0. The van der Waals surface area contributed by atoms with Gasteiger partial charge in [-0.3, -0.25) is 4.48 Å². The molecule has 0 aromatic heterocycles. The van der Waals surface area contributed by atoms with Gasteiger partial charge in [0.1, 0.15) is 0 Å². The fourth-order valence-corrected chi connectivity index (χ4v) is 0.576. The molecule has 0 saturated carbocycles. The van der Waals surface area contributed by atoms with Crippen LogP contribution in [0.1, 0.15) is 6.42 Å². The van der Waals surface area contributed by atoms with Gasteiger partial charge in [-0.2, -0.15) is 8.78 Å². The van der Waals surface area contributed by atoms with Crippen molar-refractivity contribution in [3.05, 3.63) is 0 Å². The average Bonchev–Trinajstić information content (AvgIpc) is 1.84. The first-order valence-electron chi connectivity index (χ1n) is 3.22. The van der Waals surface area contributed by atoms with Crippen molar-refractivity contribution >= 4 is 0 Å². The van der Waals surface area contributed by atoms with Gasteiger partial charge in [0.05, 0.1) is 20.6 Å². The van der Waals surface area contributed by atoms with Gasteiger partial charge in [0.2, 0.25) is 0 Å². The Morgan fingerprint density at radius 2 is 1.90 bits per heavy atom. The predicted molar refractivity (Wildman–Crippen MR) is 34.7 cm³/mol. The van der Waals surface area contributed by atoms with Crippen LogP contribution in [-0.4, -0.2) is 43.4 Å². The van der Waals surface area contributed by atoms with Crippen LogP contribution in [0, 0.1) is 0 Å². The number of nitrogens with zero attached hydrogens (tertiary/aromatic N) is 1. The van der Waals surface area contributed by atoms with E-state index in [0.717, 1.165) is 0 Å². The summed E-state index contributed by atoms with van der Waals surface area (Å²) in [6.07, 6.45) is 0.428. The summed E-state index contributed by atoms with van der Waals surface area (Å²) in [5, 5.41) is 8.36. The first-order valence-corrected chi connectivity index (χ1v) is 3.22. The summed E-state index contributed by atoms with van der Waals surface area (Å²) in [6, 6.07) is 0. The van der Waals surface area contributed by atoms with E-state index in [9.17, 15) is 8.78 Å². The average molecular weight is 154 g/mol. The first kappa shape index (κ1) is 9.78. The lowest BCUT2D eigenvalue weighted by molar-refractivity contribution is -0.945. The second-order valence-electron chi connectivity index (χ2n) is 2.86. The molecule has 0 aromatic rings. The highest BCUT2D eigenvalue weighted by Crippen LogP contribution is 2.09. The molecule has 10 heavy (non-hydrogen) atoms. The zero-order valence-corrected chi connectivity index (χ0v) is 6.35. The summed E-state index contributed by atoms with van der Waals surface area (Å²) in [4.78, 5) is 0. The second kappa shape index (κ2) is 3.83. The van der Waals surface area contributed by atoms with Gasteiger partial charge in [0, 0.05) is 13.0 Å². The van der Waals surface area contributed by atoms with Crippen molar-refractivity contribution in [2.45, 2.75) is 13.0 Å². The lowest BCUT2D eigenvalue weighted by Crippen LogP contribution is -2.45. The van der Waals surface area contributed by atoms with Gasteiger partial charge in [-0.25, -0.2) is 0 Å². The molecule has 2 nitrogen and oxygen atoms in total. The quantitative estimate of drug-likeness (QED) is 0.466. The van der Waals surface area contributed by atoms with Gasteiger partial charge in [0.15, 0.2) is 0 Å². The van der Waals surface area contributed by atoms with E-state index in [1.54, 1.807) is 0 Å². The van der Waals surface area contributed by atoms with Crippen molar-refractivity contribution in [3.8, 4) is 0 Å². The summed E-state index contributed by atoms with van der Waals surface area (Å²) in [5.41, 5.74) is 0. The van der Waals surface area contributed by atoms with Gasteiger partial charge < -0.3 is 5.11 Å². The molecule has 0 radical (unpaired) electrons. The Balaban J connectivity index is 3.63. The van der Waals surface area contributed by atoms with Crippen LogP contribution in [0.15, 0.2) is 0 Å². The Kier molecular flexibility index (Phi) is 3.75. The monoisotopic (exact) mass is 154 g/mol. The maximum atomic E-state index is 12.0. The van der Waals surface area contributed by atoms with E-state index in [1.165, 1.54) is 14.1 Å². The summed E-state index contributed by atoms with van der Waals surface area (Å²) < 4.78 is 23.7. The summed E-state index contributed by atoms with van der Waals surface area (Å²) in [6.45, 7) is -2.06. The lowest BCUT2D eigenvalue weighted by Gasteiger charge is -2.27. The SMILES string of the molecule is C[N+](C)(CCCO)C(F)F. The van der Waals surface area contributed by atoms with Gasteiger partial charge in [-0.15, -0.1) is 0 Å². The Labute approximate surface area is 59.7 Å². The van der Waals surface area contributed by atoms with Crippen LogP contribution in [-0.2, 0) is 0 Å². The Morgan fingerprint density at radius 3 is 2.20 bits per heavy atom. The fourth-order valence-electron chi connectivity index (χ4n) is 0.576. The van der Waals surface area contributed by atoms with E-state index in [2.05, 4.69) is 0 Å². The molecule has 0 unspecified atom stereocenters. The standard InChI is InChI=1S/C6H14F2NO/c1-9(2,6(7)8)4-3-5-10/h6,10H,3-5H2,1-2H3/q+1. The minimum absolute atomic E-state index is 0.0194. The van der Waals surface area contributed by atoms with Crippen LogP contribution in [0.5, 0.6) is 0 Å². The predicted octanol–water partition coefficient (Wildman–Crippen LogP) is 0.668. The van der Waals surface area contributed by atoms with Crippen LogP contribution in [0.2, 0.25) is 0 Å². The third-order valence-electron chi connectivity index (χ3n) is 1.42. The Hall–Kier alpha value is -0.220. The van der Waals surface area contributed by atoms with Crippen molar-refractivity contribution in [2.75, 3.05) is 27.2 Å². The van der Waals surface area contributed by atoms with E-state index in [4.69, 9.17) is 5.11 Å². The van der Waals surface area contributed by atoms with E-state index in [1.807, 2.05) is 0 Å². The van der Waals surface area contributed by atoms with Crippen LogP contribution in [0.25, 0.3) is 0 Å². The van der Waals surface area contributed by atoms with Crippen molar-refractivity contribution in [1.82, 2.24) is 0 Å². The maximum Gasteiger partial charge on any atom is 0.380 e. The molecule has 0 heterocycles. The third kappa shape index (κ3) is 3.08. The second-order valence-corrected chi connectivity index (χ2v) is 2.86. The van der Waals surface area contributed by atoms with E-state index in [-0.39, 0.29) is 11.1 Å². The molecular formula is C6H14F2NO+. The minimum Gasteiger partial charge on any atom is -0.396 e. The molecule has 0 aliphatic heterocycles. The molecule has 0 bridgehead atoms. The highest BCUT2D eigenvalue weighted by molar-refractivity contribution is 4.32. The Morgan fingerprint density at radius 1 is 1.40 bits per heavy atom. The topological polar surface area (TPSA) is 20.2 Å². The first-order chi connectivity index (χ1) is 4.50. The maximum absolute atomic E-state index is 12.0. The number of aliphatic hydroxyl groups is 1. The molecule has 0 aliphatic carbocycles. The molecule has 0 spiro atoms. The number of hydrogen-bond donors (Lipinski definition) is 1. The number of quaternary nitrogens is 1.